The summed E-state index contributed by atoms with van der Waals surface area (Å²) >= 11 is 0. The maximum Gasteiger partial charge on any atom is 0.146 e. The van der Waals surface area contributed by atoms with Gasteiger partial charge in [0.2, 0.25) is 0 Å². The molecular weight excluding hydrogens is 330 g/mol. The van der Waals surface area contributed by atoms with E-state index in [4.69, 9.17) is 5.73 Å². The standard InChI is InChI=1S/C24H21N3/c25-23-22(17-10-18-26-23)27-24(19-11-4-1-5-12-19,20-13-6-2-7-14-20)21-15-8-3-9-16-21/h1-18,27H,(H2,25,26). The van der Waals surface area contributed by atoms with Crippen LogP contribution in [0.5, 0.6) is 0 Å². The van der Waals surface area contributed by atoms with Crippen molar-refractivity contribution in [1.29, 1.82) is 0 Å². The van der Waals surface area contributed by atoms with Gasteiger partial charge in [-0.15, -0.1) is 0 Å². The van der Waals surface area contributed by atoms with Gasteiger partial charge in [0.1, 0.15) is 11.4 Å². The summed E-state index contributed by atoms with van der Waals surface area (Å²) in [5.74, 6) is 0.477. The van der Waals surface area contributed by atoms with Gasteiger partial charge in [-0.25, -0.2) is 4.98 Å². The summed E-state index contributed by atoms with van der Waals surface area (Å²) in [6, 6.07) is 35.1. The summed E-state index contributed by atoms with van der Waals surface area (Å²) in [6.45, 7) is 0. The molecule has 0 saturated heterocycles. The number of anilines is 2. The molecule has 27 heavy (non-hydrogen) atoms. The first kappa shape index (κ1) is 16.9. The largest absolute Gasteiger partial charge is 0.382 e. The highest BCUT2D eigenvalue weighted by Gasteiger charge is 2.36. The van der Waals surface area contributed by atoms with Gasteiger partial charge >= 0.3 is 0 Å². The Kier molecular flexibility index (Phi) is 4.58. The van der Waals surface area contributed by atoms with Crippen molar-refractivity contribution in [3.63, 3.8) is 0 Å². The molecule has 0 saturated carbocycles. The molecule has 0 radical (unpaired) electrons. The molecule has 0 bridgehead atoms. The fourth-order valence-electron chi connectivity index (χ4n) is 3.51. The number of pyridine rings is 1. The predicted octanol–water partition coefficient (Wildman–Crippen LogP) is 5.07. The molecule has 0 unspecified atom stereocenters. The van der Waals surface area contributed by atoms with E-state index in [9.17, 15) is 0 Å². The second kappa shape index (κ2) is 7.34. The Morgan fingerprint density at radius 1 is 0.593 bits per heavy atom. The fourth-order valence-corrected chi connectivity index (χ4v) is 3.51. The zero-order valence-electron chi connectivity index (χ0n) is 14.9. The predicted molar refractivity (Wildman–Crippen MR) is 111 cm³/mol. The van der Waals surface area contributed by atoms with Crippen LogP contribution in [0, 0.1) is 0 Å². The van der Waals surface area contributed by atoms with Gasteiger partial charge in [0.05, 0.1) is 5.69 Å². The van der Waals surface area contributed by atoms with Gasteiger partial charge in [-0.05, 0) is 28.8 Å². The maximum atomic E-state index is 6.19. The maximum absolute atomic E-state index is 6.19. The van der Waals surface area contributed by atoms with Gasteiger partial charge in [0.15, 0.2) is 0 Å². The van der Waals surface area contributed by atoms with E-state index in [2.05, 4.69) is 83.1 Å². The molecule has 3 heteroatoms. The third kappa shape index (κ3) is 3.15. The number of nitrogens with one attached hydrogen (secondary N) is 1. The Bertz CT molecular complexity index is 903. The molecule has 0 aliphatic carbocycles. The molecule has 0 atom stereocenters. The second-order valence-electron chi connectivity index (χ2n) is 6.41. The van der Waals surface area contributed by atoms with Crippen LogP contribution in [-0.4, -0.2) is 4.98 Å². The van der Waals surface area contributed by atoms with Crippen molar-refractivity contribution in [3.8, 4) is 0 Å². The van der Waals surface area contributed by atoms with Crippen molar-refractivity contribution in [1.82, 2.24) is 4.98 Å². The minimum absolute atomic E-state index is 0.477. The first-order chi connectivity index (χ1) is 13.3. The molecule has 0 fully saturated rings. The van der Waals surface area contributed by atoms with Crippen molar-refractivity contribution in [2.45, 2.75) is 5.54 Å². The van der Waals surface area contributed by atoms with Crippen molar-refractivity contribution in [3.05, 3.63) is 126 Å². The van der Waals surface area contributed by atoms with E-state index in [1.807, 2.05) is 30.3 Å². The van der Waals surface area contributed by atoms with Crippen molar-refractivity contribution in [2.75, 3.05) is 11.1 Å². The number of benzene rings is 3. The van der Waals surface area contributed by atoms with Gasteiger partial charge in [-0.1, -0.05) is 91.0 Å². The molecule has 3 N–H and O–H groups in total. The quantitative estimate of drug-likeness (QED) is 0.494. The van der Waals surface area contributed by atoms with E-state index in [1.54, 1.807) is 6.20 Å². The van der Waals surface area contributed by atoms with Crippen LogP contribution in [0.3, 0.4) is 0 Å². The van der Waals surface area contributed by atoms with Crippen LogP contribution >= 0.6 is 0 Å². The molecule has 4 aromatic rings. The lowest BCUT2D eigenvalue weighted by molar-refractivity contribution is 0.711. The average molecular weight is 351 g/mol. The second-order valence-corrected chi connectivity index (χ2v) is 6.41. The molecule has 0 aliphatic heterocycles. The molecule has 1 aromatic heterocycles. The summed E-state index contributed by atoms with van der Waals surface area (Å²) < 4.78 is 0. The third-order valence-corrected chi connectivity index (χ3v) is 4.78. The summed E-state index contributed by atoms with van der Waals surface area (Å²) in [6.07, 6.45) is 1.70. The van der Waals surface area contributed by atoms with Crippen LogP contribution in [0.2, 0.25) is 0 Å². The molecule has 0 amide bonds. The Balaban J connectivity index is 2.02. The highest BCUT2D eigenvalue weighted by Crippen LogP contribution is 2.40. The first-order valence-electron chi connectivity index (χ1n) is 8.96. The van der Waals surface area contributed by atoms with Gasteiger partial charge in [-0.3, -0.25) is 0 Å². The van der Waals surface area contributed by atoms with Gasteiger partial charge in [0, 0.05) is 6.20 Å². The van der Waals surface area contributed by atoms with Crippen LogP contribution in [0.1, 0.15) is 16.7 Å². The first-order valence-corrected chi connectivity index (χ1v) is 8.96. The SMILES string of the molecule is Nc1ncccc1NC(c1ccccc1)(c1ccccc1)c1ccccc1. The van der Waals surface area contributed by atoms with Gasteiger partial charge < -0.3 is 11.1 Å². The summed E-state index contributed by atoms with van der Waals surface area (Å²) in [5, 5.41) is 3.72. The van der Waals surface area contributed by atoms with Crippen LogP contribution in [0.25, 0.3) is 0 Å². The molecule has 0 spiro atoms. The molecule has 3 aromatic carbocycles. The van der Waals surface area contributed by atoms with Crippen molar-refractivity contribution >= 4 is 11.5 Å². The normalized spacial score (nSPS) is 11.1. The van der Waals surface area contributed by atoms with Gasteiger partial charge in [-0.2, -0.15) is 0 Å². The highest BCUT2D eigenvalue weighted by atomic mass is 15.0. The van der Waals surface area contributed by atoms with E-state index in [1.165, 1.54) is 0 Å². The number of nitrogens with zero attached hydrogens (tertiary/aromatic N) is 1. The highest BCUT2D eigenvalue weighted by molar-refractivity contribution is 5.67. The summed E-state index contributed by atoms with van der Waals surface area (Å²) in [7, 11) is 0. The topological polar surface area (TPSA) is 50.9 Å². The minimum atomic E-state index is -0.596. The molecule has 1 heterocycles. The lowest BCUT2D eigenvalue weighted by Gasteiger charge is -2.38. The number of hydrogen-bond acceptors (Lipinski definition) is 3. The number of rotatable bonds is 5. The molecule has 4 rings (SSSR count). The summed E-state index contributed by atoms with van der Waals surface area (Å²) in [4.78, 5) is 4.26. The van der Waals surface area contributed by atoms with Crippen LogP contribution < -0.4 is 11.1 Å². The average Bonchev–Trinajstić information content (AvgIpc) is 2.75. The number of nitrogen functional groups attached to an aromatic ring is 1. The van der Waals surface area contributed by atoms with E-state index in [-0.39, 0.29) is 0 Å². The van der Waals surface area contributed by atoms with Crippen LogP contribution in [-0.2, 0) is 5.54 Å². The number of hydrogen-bond donors (Lipinski definition) is 2. The monoisotopic (exact) mass is 351 g/mol. The third-order valence-electron chi connectivity index (χ3n) is 4.78. The van der Waals surface area contributed by atoms with Crippen molar-refractivity contribution < 1.29 is 0 Å². The van der Waals surface area contributed by atoms with Crippen molar-refractivity contribution in [2.24, 2.45) is 0 Å². The smallest absolute Gasteiger partial charge is 0.146 e. The lowest BCUT2D eigenvalue weighted by atomic mass is 9.77. The Labute approximate surface area is 159 Å². The Hall–Kier alpha value is -3.59. The van der Waals surface area contributed by atoms with Crippen LogP contribution in [0.15, 0.2) is 109 Å². The number of nitrogens with two attached hydrogens (primary N) is 1. The minimum Gasteiger partial charge on any atom is -0.382 e. The zero-order valence-corrected chi connectivity index (χ0v) is 14.9. The zero-order chi connectivity index (χ0) is 18.5. The molecule has 3 nitrogen and oxygen atoms in total. The van der Waals surface area contributed by atoms with E-state index >= 15 is 0 Å². The Morgan fingerprint density at radius 2 is 1.04 bits per heavy atom. The summed E-state index contributed by atoms with van der Waals surface area (Å²) in [5.41, 5.74) is 9.78. The molecule has 0 aliphatic rings. The van der Waals surface area contributed by atoms with E-state index in [0.29, 0.717) is 5.82 Å². The lowest BCUT2D eigenvalue weighted by Crippen LogP contribution is -2.38. The molecular formula is C24H21N3. The fraction of sp³-hybridized carbons (Fsp3) is 0.0417. The van der Waals surface area contributed by atoms with E-state index < -0.39 is 5.54 Å². The number of aromatic nitrogens is 1. The molecule has 132 valence electrons. The van der Waals surface area contributed by atoms with Crippen LogP contribution in [0.4, 0.5) is 11.5 Å². The van der Waals surface area contributed by atoms with E-state index in [0.717, 1.165) is 22.4 Å². The van der Waals surface area contributed by atoms with Gasteiger partial charge in [0.25, 0.3) is 0 Å². The Morgan fingerprint density at radius 3 is 1.44 bits per heavy atom.